The molecule has 0 radical (unpaired) electrons. The summed E-state index contributed by atoms with van der Waals surface area (Å²) in [7, 11) is 0. The summed E-state index contributed by atoms with van der Waals surface area (Å²) in [6.07, 6.45) is 5.33. The lowest BCUT2D eigenvalue weighted by atomic mass is 9.87. The number of hydrogen-bond acceptors (Lipinski definition) is 6. The molecule has 4 rings (SSSR count). The smallest absolute Gasteiger partial charge is 0.220 e. The fourth-order valence-electron chi connectivity index (χ4n) is 3.76. The molecular formula is C16H21N7. The summed E-state index contributed by atoms with van der Waals surface area (Å²) in [6, 6.07) is 6.09. The molecular weight excluding hydrogens is 290 g/mol. The number of aliphatic imine (C=N–C) groups is 2. The number of nitrogens with one attached hydrogen (secondary N) is 1. The quantitative estimate of drug-likeness (QED) is 0.748. The van der Waals surface area contributed by atoms with Crippen LogP contribution in [0.3, 0.4) is 0 Å². The van der Waals surface area contributed by atoms with E-state index >= 15 is 0 Å². The SMILES string of the molecule is Cc1nc2ccc(N3C(N)=NC(N)=NC34CCCCC4)cc2[nH]1. The Morgan fingerprint density at radius 2 is 1.96 bits per heavy atom. The van der Waals surface area contributed by atoms with Gasteiger partial charge in [-0.1, -0.05) is 6.42 Å². The molecule has 7 heteroatoms. The largest absolute Gasteiger partial charge is 0.369 e. The third-order valence-corrected chi connectivity index (χ3v) is 4.69. The van der Waals surface area contributed by atoms with E-state index in [1.54, 1.807) is 0 Å². The van der Waals surface area contributed by atoms with Crippen molar-refractivity contribution in [2.45, 2.75) is 44.7 Å². The summed E-state index contributed by atoms with van der Waals surface area (Å²) < 4.78 is 0. The third kappa shape index (κ3) is 2.23. The zero-order valence-corrected chi connectivity index (χ0v) is 13.2. The Balaban J connectivity index is 1.83. The van der Waals surface area contributed by atoms with Crippen LogP contribution in [0, 0.1) is 6.92 Å². The predicted octanol–water partition coefficient (Wildman–Crippen LogP) is 1.98. The van der Waals surface area contributed by atoms with E-state index in [-0.39, 0.29) is 5.96 Å². The first-order valence-electron chi connectivity index (χ1n) is 8.03. The maximum absolute atomic E-state index is 6.25. The molecule has 1 aromatic carbocycles. The van der Waals surface area contributed by atoms with Gasteiger partial charge in [0.1, 0.15) is 11.5 Å². The van der Waals surface area contributed by atoms with Gasteiger partial charge in [0.05, 0.1) is 11.0 Å². The summed E-state index contributed by atoms with van der Waals surface area (Å²) in [4.78, 5) is 18.7. The normalized spacial score (nSPS) is 20.7. The topological polar surface area (TPSA) is 109 Å². The summed E-state index contributed by atoms with van der Waals surface area (Å²) >= 11 is 0. The molecule has 5 N–H and O–H groups in total. The van der Waals surface area contributed by atoms with Crippen LogP contribution in [0.25, 0.3) is 11.0 Å². The van der Waals surface area contributed by atoms with Gasteiger partial charge in [-0.2, -0.15) is 4.99 Å². The number of fused-ring (bicyclic) bond motifs is 1. The molecule has 7 nitrogen and oxygen atoms in total. The summed E-state index contributed by atoms with van der Waals surface area (Å²) in [6.45, 7) is 1.95. The van der Waals surface area contributed by atoms with E-state index in [1.165, 1.54) is 6.42 Å². The number of aromatic nitrogens is 2. The van der Waals surface area contributed by atoms with E-state index in [4.69, 9.17) is 16.5 Å². The molecule has 2 aliphatic rings. The third-order valence-electron chi connectivity index (χ3n) is 4.69. The lowest BCUT2D eigenvalue weighted by Gasteiger charge is -2.45. The fourth-order valence-corrected chi connectivity index (χ4v) is 3.76. The van der Waals surface area contributed by atoms with Crippen molar-refractivity contribution in [1.82, 2.24) is 9.97 Å². The number of aromatic amines is 1. The molecule has 1 fully saturated rings. The second-order valence-corrected chi connectivity index (χ2v) is 6.34. The average Bonchev–Trinajstić information content (AvgIpc) is 2.86. The molecule has 1 aromatic heterocycles. The van der Waals surface area contributed by atoms with E-state index in [1.807, 2.05) is 24.0 Å². The Kier molecular flexibility index (Phi) is 3.04. The number of nitrogens with two attached hydrogens (primary N) is 2. The molecule has 0 atom stereocenters. The van der Waals surface area contributed by atoms with Gasteiger partial charge < -0.3 is 16.5 Å². The highest BCUT2D eigenvalue weighted by atomic mass is 15.4. The first kappa shape index (κ1) is 14.0. The second-order valence-electron chi connectivity index (χ2n) is 6.34. The molecule has 1 saturated carbocycles. The van der Waals surface area contributed by atoms with Crippen LogP contribution >= 0.6 is 0 Å². The van der Waals surface area contributed by atoms with Crippen molar-refractivity contribution in [3.05, 3.63) is 24.0 Å². The summed E-state index contributed by atoms with van der Waals surface area (Å²) in [5.41, 5.74) is 14.6. The number of aryl methyl sites for hydroxylation is 1. The van der Waals surface area contributed by atoms with Gasteiger partial charge in [-0.05, 0) is 50.8 Å². The highest BCUT2D eigenvalue weighted by Gasteiger charge is 2.42. The fraction of sp³-hybridized carbons (Fsp3) is 0.438. The lowest BCUT2D eigenvalue weighted by molar-refractivity contribution is 0.305. The van der Waals surface area contributed by atoms with Gasteiger partial charge in [0.25, 0.3) is 0 Å². The van der Waals surface area contributed by atoms with Crippen molar-refractivity contribution in [3.63, 3.8) is 0 Å². The highest BCUT2D eigenvalue weighted by Crippen LogP contribution is 2.39. The molecule has 1 aliphatic heterocycles. The Bertz CT molecular complexity index is 811. The number of benzene rings is 1. The van der Waals surface area contributed by atoms with Crippen LogP contribution in [0.15, 0.2) is 28.2 Å². The molecule has 120 valence electrons. The van der Waals surface area contributed by atoms with E-state index in [0.29, 0.717) is 5.96 Å². The number of nitrogens with zero attached hydrogens (tertiary/aromatic N) is 4. The van der Waals surface area contributed by atoms with Crippen molar-refractivity contribution in [3.8, 4) is 0 Å². The minimum Gasteiger partial charge on any atom is -0.369 e. The van der Waals surface area contributed by atoms with Crippen LogP contribution < -0.4 is 16.4 Å². The van der Waals surface area contributed by atoms with Gasteiger partial charge in [-0.25, -0.2) is 9.98 Å². The van der Waals surface area contributed by atoms with Crippen LogP contribution in [0.4, 0.5) is 5.69 Å². The van der Waals surface area contributed by atoms with Gasteiger partial charge in [-0.15, -0.1) is 0 Å². The number of hydrogen-bond donors (Lipinski definition) is 3. The Morgan fingerprint density at radius 3 is 2.74 bits per heavy atom. The minimum absolute atomic E-state index is 0.277. The van der Waals surface area contributed by atoms with Crippen molar-refractivity contribution in [2.24, 2.45) is 21.5 Å². The van der Waals surface area contributed by atoms with Crippen molar-refractivity contribution < 1.29 is 0 Å². The maximum atomic E-state index is 6.25. The molecule has 1 spiro atoms. The van der Waals surface area contributed by atoms with Gasteiger partial charge in [-0.3, -0.25) is 4.90 Å². The minimum atomic E-state index is -0.406. The number of imidazole rings is 1. The van der Waals surface area contributed by atoms with E-state index in [2.05, 4.69) is 21.0 Å². The van der Waals surface area contributed by atoms with Crippen LogP contribution in [-0.4, -0.2) is 27.5 Å². The van der Waals surface area contributed by atoms with Crippen LogP contribution in [-0.2, 0) is 0 Å². The van der Waals surface area contributed by atoms with Gasteiger partial charge in [0.2, 0.25) is 11.9 Å². The zero-order valence-electron chi connectivity index (χ0n) is 13.2. The highest BCUT2D eigenvalue weighted by molar-refractivity contribution is 6.06. The number of rotatable bonds is 1. The Hall–Kier alpha value is -2.57. The molecule has 2 aromatic rings. The van der Waals surface area contributed by atoms with Gasteiger partial charge in [0, 0.05) is 5.69 Å². The zero-order chi connectivity index (χ0) is 16.0. The number of guanidine groups is 2. The lowest BCUT2D eigenvalue weighted by Crippen LogP contribution is -2.58. The average molecular weight is 311 g/mol. The molecule has 1 aliphatic carbocycles. The molecule has 0 bridgehead atoms. The first-order chi connectivity index (χ1) is 11.1. The number of anilines is 1. The first-order valence-corrected chi connectivity index (χ1v) is 8.03. The monoisotopic (exact) mass is 311 g/mol. The molecule has 0 amide bonds. The molecule has 0 unspecified atom stereocenters. The van der Waals surface area contributed by atoms with E-state index < -0.39 is 5.66 Å². The Labute approximate surface area is 134 Å². The molecule has 2 heterocycles. The molecule has 23 heavy (non-hydrogen) atoms. The van der Waals surface area contributed by atoms with Crippen molar-refractivity contribution in [1.29, 1.82) is 0 Å². The van der Waals surface area contributed by atoms with Gasteiger partial charge >= 0.3 is 0 Å². The van der Waals surface area contributed by atoms with Crippen molar-refractivity contribution >= 4 is 28.6 Å². The summed E-state index contributed by atoms with van der Waals surface area (Å²) in [5, 5.41) is 0. The predicted molar refractivity (Wildman–Crippen MR) is 92.4 cm³/mol. The number of H-pyrrole nitrogens is 1. The van der Waals surface area contributed by atoms with Crippen molar-refractivity contribution in [2.75, 3.05) is 4.90 Å². The maximum Gasteiger partial charge on any atom is 0.220 e. The van der Waals surface area contributed by atoms with Gasteiger partial charge in [0.15, 0.2) is 0 Å². The standard InChI is InChI=1S/C16H21N7/c1-10-19-12-6-5-11(9-13(12)20-10)23-15(18)21-14(17)22-16(23)7-3-2-4-8-16/h5-6,9H,2-4,7-8H2,1H3,(H,19,20)(H4,17,18,21,22). The Morgan fingerprint density at radius 1 is 1.17 bits per heavy atom. The van der Waals surface area contributed by atoms with E-state index in [9.17, 15) is 0 Å². The van der Waals surface area contributed by atoms with Crippen LogP contribution in [0.1, 0.15) is 37.9 Å². The van der Waals surface area contributed by atoms with Crippen LogP contribution in [0.5, 0.6) is 0 Å². The summed E-state index contributed by atoms with van der Waals surface area (Å²) in [5.74, 6) is 1.58. The van der Waals surface area contributed by atoms with E-state index in [0.717, 1.165) is 48.2 Å². The van der Waals surface area contributed by atoms with Crippen LogP contribution in [0.2, 0.25) is 0 Å². The second kappa shape index (κ2) is 4.97. The molecule has 0 saturated heterocycles.